The highest BCUT2D eigenvalue weighted by Crippen LogP contribution is 2.39. The van der Waals surface area contributed by atoms with Gasteiger partial charge in [-0.2, -0.15) is 13.2 Å². The highest BCUT2D eigenvalue weighted by atomic mass is 19.4. The molecule has 2 fully saturated rings. The number of pyridine rings is 1. The van der Waals surface area contributed by atoms with Gasteiger partial charge in [0.25, 0.3) is 0 Å². The third-order valence-corrected chi connectivity index (χ3v) is 6.23. The van der Waals surface area contributed by atoms with E-state index in [4.69, 9.17) is 0 Å². The molecule has 2 aromatic carbocycles. The van der Waals surface area contributed by atoms with E-state index in [1.807, 2.05) is 24.3 Å². The fourth-order valence-electron chi connectivity index (χ4n) is 4.61. The summed E-state index contributed by atoms with van der Waals surface area (Å²) in [4.78, 5) is 32.2. The molecule has 0 atom stereocenters. The van der Waals surface area contributed by atoms with Gasteiger partial charge in [0.15, 0.2) is 0 Å². The molecule has 0 unspecified atom stereocenters. The summed E-state index contributed by atoms with van der Waals surface area (Å²) >= 11 is 0. The normalized spacial score (nSPS) is 16.6. The van der Waals surface area contributed by atoms with Crippen molar-refractivity contribution in [2.24, 2.45) is 0 Å². The molecule has 0 radical (unpaired) electrons. The van der Waals surface area contributed by atoms with Crippen LogP contribution in [0.5, 0.6) is 0 Å². The number of hydrogen-bond acceptors (Lipinski definition) is 3. The maximum absolute atomic E-state index is 13.3. The Hall–Kier alpha value is -3.68. The maximum atomic E-state index is 13.3. The molecule has 1 aromatic heterocycles. The molecule has 0 spiro atoms. The van der Waals surface area contributed by atoms with Crippen LogP contribution in [0.1, 0.15) is 31.4 Å². The van der Waals surface area contributed by atoms with E-state index in [1.165, 1.54) is 6.07 Å². The van der Waals surface area contributed by atoms with Crippen molar-refractivity contribution in [3.05, 3.63) is 66.4 Å². The first kappa shape index (κ1) is 22.1. The number of aromatic nitrogens is 1. The Morgan fingerprint density at radius 3 is 1.85 bits per heavy atom. The van der Waals surface area contributed by atoms with E-state index in [-0.39, 0.29) is 17.5 Å². The van der Waals surface area contributed by atoms with Gasteiger partial charge in [0.1, 0.15) is 5.69 Å². The van der Waals surface area contributed by atoms with Gasteiger partial charge in [-0.05, 0) is 54.3 Å². The number of amides is 2. The van der Waals surface area contributed by atoms with Crippen LogP contribution in [0.15, 0.2) is 60.7 Å². The van der Waals surface area contributed by atoms with E-state index >= 15 is 0 Å². The third kappa shape index (κ3) is 4.16. The summed E-state index contributed by atoms with van der Waals surface area (Å²) in [6.07, 6.45) is -2.11. The van der Waals surface area contributed by atoms with Crippen LogP contribution in [0.2, 0.25) is 0 Å². The van der Waals surface area contributed by atoms with E-state index in [0.717, 1.165) is 18.9 Å². The summed E-state index contributed by atoms with van der Waals surface area (Å²) in [5.74, 6) is 0.0346. The molecule has 3 heterocycles. The van der Waals surface area contributed by atoms with Gasteiger partial charge in [-0.1, -0.05) is 30.3 Å². The van der Waals surface area contributed by atoms with Crippen LogP contribution in [0.4, 0.5) is 24.5 Å². The second kappa shape index (κ2) is 8.59. The first-order valence-electron chi connectivity index (χ1n) is 11.2. The Labute approximate surface area is 194 Å². The minimum atomic E-state index is -4.55. The predicted molar refractivity (Wildman–Crippen MR) is 123 cm³/mol. The molecule has 174 valence electrons. The summed E-state index contributed by atoms with van der Waals surface area (Å²) in [5.41, 5.74) is 2.53. The van der Waals surface area contributed by atoms with E-state index in [2.05, 4.69) is 4.98 Å². The van der Waals surface area contributed by atoms with Crippen LogP contribution in [-0.4, -0.2) is 29.9 Å². The number of hydrogen-bond donors (Lipinski definition) is 0. The molecule has 5 rings (SSSR count). The van der Waals surface area contributed by atoms with E-state index in [0.29, 0.717) is 54.0 Å². The molecular weight excluding hydrogens is 443 g/mol. The van der Waals surface area contributed by atoms with E-state index in [9.17, 15) is 22.8 Å². The number of rotatable bonds is 4. The van der Waals surface area contributed by atoms with Crippen LogP contribution < -0.4 is 9.80 Å². The fourth-order valence-corrected chi connectivity index (χ4v) is 4.61. The molecule has 2 saturated heterocycles. The minimum absolute atomic E-state index is 0.0173. The number of benzene rings is 2. The average Bonchev–Trinajstić information content (AvgIpc) is 3.46. The lowest BCUT2D eigenvalue weighted by atomic mass is 9.96. The first-order chi connectivity index (χ1) is 16.3. The molecule has 0 bridgehead atoms. The molecule has 3 aromatic rings. The van der Waals surface area contributed by atoms with Crippen LogP contribution in [0.3, 0.4) is 0 Å². The van der Waals surface area contributed by atoms with Crippen LogP contribution >= 0.6 is 0 Å². The van der Waals surface area contributed by atoms with E-state index in [1.54, 1.807) is 34.1 Å². The van der Waals surface area contributed by atoms with Gasteiger partial charge in [-0.25, -0.2) is 4.98 Å². The molecule has 34 heavy (non-hydrogen) atoms. The van der Waals surface area contributed by atoms with Crippen molar-refractivity contribution >= 4 is 23.2 Å². The molecular formula is C26H22F3N3O2. The van der Waals surface area contributed by atoms with Gasteiger partial charge in [0.2, 0.25) is 11.8 Å². The zero-order valence-electron chi connectivity index (χ0n) is 18.3. The molecule has 2 aliphatic heterocycles. The lowest BCUT2D eigenvalue weighted by molar-refractivity contribution is -0.141. The van der Waals surface area contributed by atoms with Crippen molar-refractivity contribution in [1.82, 2.24) is 4.98 Å². The Morgan fingerprint density at radius 1 is 0.735 bits per heavy atom. The Balaban J connectivity index is 1.66. The molecule has 0 aliphatic carbocycles. The quantitative estimate of drug-likeness (QED) is 0.498. The van der Waals surface area contributed by atoms with Crippen LogP contribution in [0, 0.1) is 0 Å². The monoisotopic (exact) mass is 465 g/mol. The lowest BCUT2D eigenvalue weighted by Gasteiger charge is -2.23. The molecule has 2 aliphatic rings. The topological polar surface area (TPSA) is 53.5 Å². The summed E-state index contributed by atoms with van der Waals surface area (Å²) in [6.45, 7) is 1.18. The van der Waals surface area contributed by atoms with Crippen molar-refractivity contribution < 1.29 is 22.8 Å². The van der Waals surface area contributed by atoms with E-state index < -0.39 is 11.9 Å². The molecule has 2 amide bonds. The molecule has 8 heteroatoms. The highest BCUT2D eigenvalue weighted by Gasteiger charge is 2.33. The standard InChI is InChI=1S/C26H22F3N3O2/c27-26(28,29)23-9-3-8-22(30-23)21-7-2-1-6-20(21)17-14-18(31-12-4-10-24(31)33)16-19(15-17)32-13-5-11-25(32)34/h1-3,6-9,14-16H,4-5,10-13H2. The number of carbonyl (C=O) groups is 2. The molecule has 0 N–H and O–H groups in total. The Morgan fingerprint density at radius 2 is 1.32 bits per heavy atom. The van der Waals surface area contributed by atoms with Crippen molar-refractivity contribution in [2.45, 2.75) is 31.9 Å². The fraction of sp³-hybridized carbons (Fsp3) is 0.269. The molecule has 0 saturated carbocycles. The second-order valence-corrected chi connectivity index (χ2v) is 8.49. The predicted octanol–water partition coefficient (Wildman–Crippen LogP) is 5.69. The number of carbonyl (C=O) groups excluding carboxylic acids is 2. The van der Waals surface area contributed by atoms with Gasteiger partial charge < -0.3 is 9.80 Å². The van der Waals surface area contributed by atoms with Crippen LogP contribution in [0.25, 0.3) is 22.4 Å². The lowest BCUT2D eigenvalue weighted by Crippen LogP contribution is -2.26. The summed E-state index contributed by atoms with van der Waals surface area (Å²) < 4.78 is 39.9. The smallest absolute Gasteiger partial charge is 0.312 e. The third-order valence-electron chi connectivity index (χ3n) is 6.23. The summed E-state index contributed by atoms with van der Waals surface area (Å²) in [6, 6.07) is 16.5. The van der Waals surface area contributed by atoms with Gasteiger partial charge in [-0.3, -0.25) is 9.59 Å². The van der Waals surface area contributed by atoms with Crippen molar-refractivity contribution in [2.75, 3.05) is 22.9 Å². The summed E-state index contributed by atoms with van der Waals surface area (Å²) in [7, 11) is 0. The number of anilines is 2. The van der Waals surface area contributed by atoms with Gasteiger partial charge in [-0.15, -0.1) is 0 Å². The maximum Gasteiger partial charge on any atom is 0.433 e. The summed E-state index contributed by atoms with van der Waals surface area (Å²) in [5, 5.41) is 0. The average molecular weight is 465 g/mol. The minimum Gasteiger partial charge on any atom is -0.312 e. The Kier molecular flexibility index (Phi) is 5.59. The number of halogens is 3. The Bertz CT molecular complexity index is 1230. The van der Waals surface area contributed by atoms with Crippen LogP contribution in [-0.2, 0) is 15.8 Å². The largest absolute Gasteiger partial charge is 0.433 e. The van der Waals surface area contributed by atoms with Crippen molar-refractivity contribution in [3.8, 4) is 22.4 Å². The number of nitrogens with zero attached hydrogens (tertiary/aromatic N) is 3. The van der Waals surface area contributed by atoms with Crippen molar-refractivity contribution in [1.29, 1.82) is 0 Å². The first-order valence-corrected chi connectivity index (χ1v) is 11.2. The SMILES string of the molecule is O=C1CCCN1c1cc(-c2ccccc2-c2cccc(C(F)(F)F)n2)cc(N2CCCC2=O)c1. The highest BCUT2D eigenvalue weighted by molar-refractivity contribution is 6.00. The zero-order valence-corrected chi connectivity index (χ0v) is 18.3. The number of alkyl halides is 3. The zero-order chi connectivity index (χ0) is 23.9. The molecule has 5 nitrogen and oxygen atoms in total. The van der Waals surface area contributed by atoms with Gasteiger partial charge in [0.05, 0.1) is 5.69 Å². The van der Waals surface area contributed by atoms with Gasteiger partial charge >= 0.3 is 6.18 Å². The second-order valence-electron chi connectivity index (χ2n) is 8.49. The van der Waals surface area contributed by atoms with Gasteiger partial charge in [0, 0.05) is 42.9 Å². The van der Waals surface area contributed by atoms with Crippen molar-refractivity contribution in [3.63, 3.8) is 0 Å².